The second kappa shape index (κ2) is 14.2. The first-order chi connectivity index (χ1) is 25.1. The molecule has 0 radical (unpaired) electrons. The Bertz CT molecular complexity index is 1980. The second-order valence-electron chi connectivity index (χ2n) is 14.3. The first-order valence-electron chi connectivity index (χ1n) is 18.0. The molecule has 52 heavy (non-hydrogen) atoms. The van der Waals surface area contributed by atoms with E-state index in [4.69, 9.17) is 28.4 Å². The number of rotatable bonds is 7. The molecule has 10 nitrogen and oxygen atoms in total. The van der Waals surface area contributed by atoms with Crippen LogP contribution in [-0.2, 0) is 30.5 Å². The first kappa shape index (κ1) is 35.5. The number of benzene rings is 4. The Hall–Kier alpha value is -4.93. The molecule has 0 fully saturated rings. The molecule has 6 bridgehead atoms. The predicted octanol–water partition coefficient (Wildman–Crippen LogP) is 7.54. The molecular weight excluding hydrogens is 660 g/mol. The molecule has 4 aromatic rings. The fraction of sp³-hybridized carbons (Fsp3) is 0.405. The molecule has 4 aliphatic rings. The highest BCUT2D eigenvalue weighted by molar-refractivity contribution is 5.72. The van der Waals surface area contributed by atoms with Crippen molar-refractivity contribution in [2.75, 3.05) is 55.6 Å². The Morgan fingerprint density at radius 2 is 1.54 bits per heavy atom. The van der Waals surface area contributed by atoms with Gasteiger partial charge in [-0.1, -0.05) is 25.1 Å². The molecule has 0 aromatic heterocycles. The van der Waals surface area contributed by atoms with Crippen molar-refractivity contribution in [3.63, 3.8) is 0 Å². The largest absolute Gasteiger partial charge is 0.493 e. The fourth-order valence-corrected chi connectivity index (χ4v) is 8.69. The van der Waals surface area contributed by atoms with Gasteiger partial charge >= 0.3 is 5.97 Å². The van der Waals surface area contributed by atoms with Crippen LogP contribution in [-0.4, -0.2) is 82.1 Å². The van der Waals surface area contributed by atoms with Gasteiger partial charge in [0, 0.05) is 43.0 Å². The Balaban J connectivity index is 1.50. The van der Waals surface area contributed by atoms with Crippen molar-refractivity contribution in [1.82, 2.24) is 4.90 Å². The summed E-state index contributed by atoms with van der Waals surface area (Å²) in [6.07, 6.45) is 3.30. The summed E-state index contributed by atoms with van der Waals surface area (Å²) in [7, 11) is 10.8. The Morgan fingerprint density at radius 3 is 2.21 bits per heavy atom. The highest BCUT2D eigenvalue weighted by Gasteiger charge is 2.47. The maximum Gasteiger partial charge on any atom is 0.362 e. The number of carboxylic acids is 1. The van der Waals surface area contributed by atoms with E-state index in [1.54, 1.807) is 28.4 Å². The minimum Gasteiger partial charge on any atom is -0.493 e. The lowest BCUT2D eigenvalue weighted by atomic mass is 9.84. The fourth-order valence-electron chi connectivity index (χ4n) is 8.69. The summed E-state index contributed by atoms with van der Waals surface area (Å²) in [6.45, 7) is 3.48. The minimum atomic E-state index is -0.791. The summed E-state index contributed by atoms with van der Waals surface area (Å²) >= 11 is 0. The maximum absolute atomic E-state index is 12.8. The van der Waals surface area contributed by atoms with Crippen LogP contribution in [0.1, 0.15) is 58.8 Å². The number of carbonyl (C=O) groups is 1. The molecule has 10 heteroatoms. The summed E-state index contributed by atoms with van der Waals surface area (Å²) < 4.78 is 37.7. The lowest BCUT2D eigenvalue weighted by molar-refractivity contribution is -0.956. The van der Waals surface area contributed by atoms with Gasteiger partial charge in [-0.25, -0.2) is 4.79 Å². The molecule has 0 aliphatic carbocycles. The van der Waals surface area contributed by atoms with Gasteiger partial charge in [0.1, 0.15) is 11.8 Å². The number of likely N-dealkylation sites (N-methyl/N-ethyl adjacent to an activating group) is 2. The van der Waals surface area contributed by atoms with E-state index in [0.717, 1.165) is 46.3 Å². The van der Waals surface area contributed by atoms with Gasteiger partial charge in [-0.3, -0.25) is 4.90 Å². The van der Waals surface area contributed by atoms with Crippen molar-refractivity contribution in [1.29, 1.82) is 0 Å². The van der Waals surface area contributed by atoms with Crippen molar-refractivity contribution >= 4 is 5.97 Å². The van der Waals surface area contributed by atoms with E-state index in [-0.39, 0.29) is 12.1 Å². The molecule has 4 heterocycles. The highest BCUT2D eigenvalue weighted by Crippen LogP contribution is 2.52. The molecule has 1 N–H and O–H groups in total. The molecule has 0 saturated heterocycles. The third-order valence-corrected chi connectivity index (χ3v) is 11.5. The highest BCUT2D eigenvalue weighted by atomic mass is 16.5. The number of hydrogen-bond donors (Lipinski definition) is 1. The average Bonchev–Trinajstić information content (AvgIpc) is 3.14. The zero-order valence-corrected chi connectivity index (χ0v) is 31.2. The van der Waals surface area contributed by atoms with E-state index in [9.17, 15) is 9.90 Å². The van der Waals surface area contributed by atoms with Gasteiger partial charge < -0.3 is 38.0 Å². The van der Waals surface area contributed by atoms with Crippen LogP contribution in [0.3, 0.4) is 0 Å². The monoisotopic (exact) mass is 709 g/mol. The lowest BCUT2D eigenvalue weighted by Gasteiger charge is -2.49. The zero-order valence-electron chi connectivity index (χ0n) is 31.2. The summed E-state index contributed by atoms with van der Waals surface area (Å²) in [5.74, 6) is 3.99. The molecule has 274 valence electrons. The molecule has 8 rings (SSSR count). The van der Waals surface area contributed by atoms with Gasteiger partial charge in [-0.05, 0) is 84.6 Å². The third kappa shape index (κ3) is 6.17. The SMILES string of the molecule is CCC(C(=O)O)[N+]1(C)CCc2cc(OC)c3cc2C1Cc1ccc(cc1)Oc1cc(ccc1OC)CC1c2c(cc(OC)c(OC)c2O3)CCN1C. The topological polar surface area (TPSA) is 95.9 Å². The zero-order chi connectivity index (χ0) is 36.7. The van der Waals surface area contributed by atoms with Crippen LogP contribution in [0, 0.1) is 0 Å². The molecule has 0 amide bonds. The Kier molecular flexibility index (Phi) is 9.71. The van der Waals surface area contributed by atoms with Crippen molar-refractivity contribution in [2.45, 2.75) is 57.2 Å². The van der Waals surface area contributed by atoms with E-state index in [1.165, 1.54) is 0 Å². The van der Waals surface area contributed by atoms with Gasteiger partial charge in [0.15, 0.2) is 40.5 Å². The number of ether oxygens (including phenoxy) is 6. The summed E-state index contributed by atoms with van der Waals surface area (Å²) in [5.41, 5.74) is 6.48. The van der Waals surface area contributed by atoms with E-state index < -0.39 is 12.0 Å². The first-order valence-corrected chi connectivity index (χ1v) is 18.0. The van der Waals surface area contributed by atoms with Crippen LogP contribution in [0.5, 0.6) is 46.0 Å². The second-order valence-corrected chi connectivity index (χ2v) is 14.3. The van der Waals surface area contributed by atoms with Crippen LogP contribution in [0.2, 0.25) is 0 Å². The average molecular weight is 710 g/mol. The summed E-state index contributed by atoms with van der Waals surface area (Å²) in [5, 5.41) is 10.5. The number of aliphatic carboxylic acids is 1. The number of quaternary nitrogens is 1. The van der Waals surface area contributed by atoms with Crippen LogP contribution < -0.4 is 28.4 Å². The smallest absolute Gasteiger partial charge is 0.362 e. The number of methoxy groups -OCH3 is 4. The number of hydrogen-bond acceptors (Lipinski definition) is 8. The quantitative estimate of drug-likeness (QED) is 0.195. The Labute approximate surface area is 306 Å². The molecule has 4 aromatic carbocycles. The van der Waals surface area contributed by atoms with Crippen molar-refractivity contribution in [3.8, 4) is 46.0 Å². The van der Waals surface area contributed by atoms with Crippen LogP contribution in [0.25, 0.3) is 0 Å². The van der Waals surface area contributed by atoms with Crippen LogP contribution in [0.15, 0.2) is 60.7 Å². The van der Waals surface area contributed by atoms with E-state index in [1.807, 2.05) is 25.1 Å². The minimum absolute atomic E-state index is 0.0739. The third-order valence-electron chi connectivity index (χ3n) is 11.5. The van der Waals surface area contributed by atoms with Gasteiger partial charge in [0.05, 0.1) is 42.0 Å². The number of fused-ring (bicyclic) bond motifs is 2. The van der Waals surface area contributed by atoms with E-state index in [2.05, 4.69) is 61.5 Å². The molecule has 0 spiro atoms. The standard InChI is InChI=1S/C42H48N2O8/c1-8-32(42(45)46)44(3)18-16-27-22-35(48-5)37-24-30(27)33(44)20-25-9-12-29(13-10-25)51-36-21-26(11-14-34(36)47-4)19-31-39-28(15-17-43(31)2)23-38(49-6)40(50-7)41(39)52-37/h9-14,21-24,31-33H,8,15-20H2,1-7H3/p+1. The Morgan fingerprint density at radius 1 is 0.846 bits per heavy atom. The predicted molar refractivity (Wildman–Crippen MR) is 198 cm³/mol. The summed E-state index contributed by atoms with van der Waals surface area (Å²) in [6, 6.07) is 19.6. The van der Waals surface area contributed by atoms with Crippen LogP contribution >= 0.6 is 0 Å². The van der Waals surface area contributed by atoms with Gasteiger partial charge in [0.25, 0.3) is 0 Å². The molecule has 4 atom stereocenters. The molecule has 0 saturated carbocycles. The molecular formula is C42H49N2O8+. The maximum atomic E-state index is 12.8. The normalized spacial score (nSPS) is 21.4. The van der Waals surface area contributed by atoms with Crippen LogP contribution in [0.4, 0.5) is 0 Å². The van der Waals surface area contributed by atoms with E-state index in [0.29, 0.717) is 82.7 Å². The van der Waals surface area contributed by atoms with Gasteiger partial charge in [-0.2, -0.15) is 0 Å². The van der Waals surface area contributed by atoms with Crippen molar-refractivity contribution < 1.29 is 42.8 Å². The molecule has 4 aliphatic heterocycles. The summed E-state index contributed by atoms with van der Waals surface area (Å²) in [4.78, 5) is 15.2. The van der Waals surface area contributed by atoms with Crippen molar-refractivity contribution in [2.24, 2.45) is 0 Å². The molecule has 4 unspecified atom stereocenters. The van der Waals surface area contributed by atoms with Gasteiger partial charge in [0.2, 0.25) is 5.75 Å². The van der Waals surface area contributed by atoms with Crippen molar-refractivity contribution in [3.05, 3.63) is 94.0 Å². The van der Waals surface area contributed by atoms with Gasteiger partial charge in [-0.15, -0.1) is 0 Å². The lowest BCUT2D eigenvalue weighted by Crippen LogP contribution is -2.60. The number of carboxylic acid groups (broad SMARTS) is 1. The number of nitrogens with zero attached hydrogens (tertiary/aromatic N) is 2. The van der Waals surface area contributed by atoms with E-state index >= 15 is 0 Å².